The molecule has 2 rings (SSSR count). The molecule has 7 nitrogen and oxygen atoms in total. The van der Waals surface area contributed by atoms with Gasteiger partial charge in [0.2, 0.25) is 24.0 Å². The molecule has 0 aliphatic carbocycles. The largest absolute Gasteiger partial charge is 0.383 e. The SMILES string of the molecule is COCCNc1sc(S(C)(=O)=O)nc1S(=O)(=O)c1ccc(Cl)cc1. The van der Waals surface area contributed by atoms with Gasteiger partial charge < -0.3 is 10.1 Å². The van der Waals surface area contributed by atoms with Gasteiger partial charge in [-0.2, -0.15) is 0 Å². The van der Waals surface area contributed by atoms with E-state index in [-0.39, 0.29) is 19.3 Å². The molecule has 0 aliphatic rings. The van der Waals surface area contributed by atoms with Crippen LogP contribution in [-0.2, 0) is 24.4 Å². The first kappa shape index (κ1) is 19.1. The number of thiazole rings is 1. The van der Waals surface area contributed by atoms with E-state index >= 15 is 0 Å². The lowest BCUT2D eigenvalue weighted by molar-refractivity contribution is 0.211. The summed E-state index contributed by atoms with van der Waals surface area (Å²) in [5.74, 6) is 0. The topological polar surface area (TPSA) is 102 Å². The number of nitrogens with zero attached hydrogens (tertiary/aromatic N) is 1. The minimum atomic E-state index is -3.99. The van der Waals surface area contributed by atoms with Crippen LogP contribution in [-0.4, -0.2) is 48.3 Å². The second-order valence-electron chi connectivity index (χ2n) is 4.76. The van der Waals surface area contributed by atoms with E-state index in [1.165, 1.54) is 31.4 Å². The summed E-state index contributed by atoms with van der Waals surface area (Å²) in [7, 11) is -6.12. The molecule has 0 radical (unpaired) electrons. The number of halogens is 1. The highest BCUT2D eigenvalue weighted by Gasteiger charge is 2.29. The van der Waals surface area contributed by atoms with E-state index in [4.69, 9.17) is 16.3 Å². The summed E-state index contributed by atoms with van der Waals surface area (Å²) in [5, 5.41) is 3.07. The Bertz CT molecular complexity index is 921. The Labute approximate surface area is 149 Å². The first-order valence-corrected chi connectivity index (χ1v) is 11.2. The summed E-state index contributed by atoms with van der Waals surface area (Å²) in [6.07, 6.45) is 0.976. The van der Waals surface area contributed by atoms with Gasteiger partial charge in [0, 0.05) is 24.9 Å². The third kappa shape index (κ3) is 4.25. The predicted molar refractivity (Wildman–Crippen MR) is 92.5 cm³/mol. The number of aromatic nitrogens is 1. The Kier molecular flexibility index (Phi) is 5.87. The van der Waals surface area contributed by atoms with Crippen LogP contribution < -0.4 is 5.32 Å². The van der Waals surface area contributed by atoms with Crippen LogP contribution in [0.15, 0.2) is 38.5 Å². The molecule has 0 aliphatic heterocycles. The Morgan fingerprint density at radius 2 is 1.83 bits per heavy atom. The van der Waals surface area contributed by atoms with Crippen molar-refractivity contribution >= 4 is 47.6 Å². The van der Waals surface area contributed by atoms with Crippen LogP contribution in [0.4, 0.5) is 5.00 Å². The van der Waals surface area contributed by atoms with Gasteiger partial charge in [0.1, 0.15) is 5.00 Å². The van der Waals surface area contributed by atoms with Crippen LogP contribution in [0.2, 0.25) is 5.02 Å². The molecule has 0 fully saturated rings. The zero-order chi connectivity index (χ0) is 18.0. The van der Waals surface area contributed by atoms with Crippen LogP contribution in [0.1, 0.15) is 0 Å². The number of nitrogens with one attached hydrogen (secondary N) is 1. The molecule has 0 amide bonds. The normalized spacial score (nSPS) is 12.3. The molecule has 11 heteroatoms. The van der Waals surface area contributed by atoms with E-state index in [2.05, 4.69) is 10.3 Å². The molecule has 1 heterocycles. The van der Waals surface area contributed by atoms with E-state index in [0.29, 0.717) is 18.2 Å². The lowest BCUT2D eigenvalue weighted by Gasteiger charge is -2.06. The van der Waals surface area contributed by atoms with Crippen LogP contribution >= 0.6 is 22.9 Å². The molecule has 1 aromatic heterocycles. The van der Waals surface area contributed by atoms with E-state index in [9.17, 15) is 16.8 Å². The fourth-order valence-electron chi connectivity index (χ4n) is 1.73. The van der Waals surface area contributed by atoms with E-state index in [0.717, 1.165) is 17.6 Å². The third-order valence-electron chi connectivity index (χ3n) is 2.86. The van der Waals surface area contributed by atoms with Crippen molar-refractivity contribution in [3.8, 4) is 0 Å². The number of rotatable bonds is 7. The Balaban J connectivity index is 2.53. The second-order valence-corrected chi connectivity index (χ2v) is 10.3. The highest BCUT2D eigenvalue weighted by atomic mass is 35.5. The molecule has 132 valence electrons. The monoisotopic (exact) mass is 410 g/mol. The van der Waals surface area contributed by atoms with Crippen molar-refractivity contribution in [3.05, 3.63) is 29.3 Å². The first-order valence-electron chi connectivity index (χ1n) is 6.60. The molecule has 24 heavy (non-hydrogen) atoms. The summed E-state index contributed by atoms with van der Waals surface area (Å²) in [4.78, 5) is 3.82. The fraction of sp³-hybridized carbons (Fsp3) is 0.308. The van der Waals surface area contributed by atoms with Crippen molar-refractivity contribution in [1.29, 1.82) is 0 Å². The molecule has 2 aromatic rings. The zero-order valence-corrected chi connectivity index (χ0v) is 16.0. The Morgan fingerprint density at radius 1 is 1.21 bits per heavy atom. The molecule has 1 aromatic carbocycles. The lowest BCUT2D eigenvalue weighted by Crippen LogP contribution is -2.11. The van der Waals surface area contributed by atoms with Gasteiger partial charge >= 0.3 is 0 Å². The van der Waals surface area contributed by atoms with E-state index in [1.807, 2.05) is 0 Å². The minimum absolute atomic E-state index is 0.0213. The van der Waals surface area contributed by atoms with Gasteiger partial charge in [0.25, 0.3) is 0 Å². The van der Waals surface area contributed by atoms with Crippen LogP contribution in [0.5, 0.6) is 0 Å². The smallest absolute Gasteiger partial charge is 0.226 e. The van der Waals surface area contributed by atoms with Crippen LogP contribution in [0.3, 0.4) is 0 Å². The van der Waals surface area contributed by atoms with Gasteiger partial charge in [-0.1, -0.05) is 22.9 Å². The number of benzene rings is 1. The molecule has 0 bridgehead atoms. The number of methoxy groups -OCH3 is 1. The van der Waals surface area contributed by atoms with Crippen LogP contribution in [0.25, 0.3) is 0 Å². The van der Waals surface area contributed by atoms with Crippen molar-refractivity contribution in [2.75, 3.05) is 31.8 Å². The summed E-state index contributed by atoms with van der Waals surface area (Å²) in [6.45, 7) is 0.636. The highest BCUT2D eigenvalue weighted by Crippen LogP contribution is 2.34. The average Bonchev–Trinajstić information content (AvgIpc) is 2.93. The lowest BCUT2D eigenvalue weighted by atomic mass is 10.4. The van der Waals surface area contributed by atoms with Gasteiger partial charge in [-0.25, -0.2) is 21.8 Å². The number of ether oxygens (including phenoxy) is 1. The maximum atomic E-state index is 12.8. The number of anilines is 1. The van der Waals surface area contributed by atoms with Gasteiger partial charge in [0.05, 0.1) is 11.5 Å². The van der Waals surface area contributed by atoms with Crippen molar-refractivity contribution in [3.63, 3.8) is 0 Å². The van der Waals surface area contributed by atoms with Crippen LogP contribution in [0, 0.1) is 0 Å². The third-order valence-corrected chi connectivity index (χ3v) is 7.63. The molecule has 0 saturated heterocycles. The van der Waals surface area contributed by atoms with E-state index < -0.39 is 19.7 Å². The van der Waals surface area contributed by atoms with Gasteiger partial charge in [-0.15, -0.1) is 0 Å². The first-order chi connectivity index (χ1) is 11.2. The maximum absolute atomic E-state index is 12.8. The Morgan fingerprint density at radius 3 is 2.38 bits per heavy atom. The zero-order valence-electron chi connectivity index (χ0n) is 12.8. The molecule has 0 saturated carbocycles. The second kappa shape index (κ2) is 7.36. The van der Waals surface area contributed by atoms with Gasteiger partial charge in [-0.05, 0) is 24.3 Å². The van der Waals surface area contributed by atoms with Gasteiger partial charge in [0.15, 0.2) is 5.03 Å². The molecule has 0 atom stereocenters. The quantitative estimate of drug-likeness (QED) is 0.697. The predicted octanol–water partition coefficient (Wildman–Crippen LogP) is 2.09. The van der Waals surface area contributed by atoms with Crippen molar-refractivity contribution in [2.24, 2.45) is 0 Å². The number of hydrogen-bond acceptors (Lipinski definition) is 8. The van der Waals surface area contributed by atoms with Crippen molar-refractivity contribution in [1.82, 2.24) is 4.98 Å². The summed E-state index contributed by atoms with van der Waals surface area (Å²) < 4.78 is 53.6. The number of sulfone groups is 2. The number of hydrogen-bond donors (Lipinski definition) is 1. The van der Waals surface area contributed by atoms with E-state index in [1.54, 1.807) is 0 Å². The maximum Gasteiger partial charge on any atom is 0.226 e. The van der Waals surface area contributed by atoms with Crippen molar-refractivity contribution in [2.45, 2.75) is 14.3 Å². The molecule has 0 unspecified atom stereocenters. The summed E-state index contributed by atoms with van der Waals surface area (Å²) in [6, 6.07) is 5.57. The standard InChI is InChI=1S/C13H15ClN2O5S3/c1-21-8-7-15-11-12(16-13(22-11)23(2,17)18)24(19,20)10-5-3-9(14)4-6-10/h3-6,15H,7-8H2,1-2H3. The molecular formula is C13H15ClN2O5S3. The fourth-order valence-corrected chi connectivity index (χ4v) is 5.40. The van der Waals surface area contributed by atoms with Gasteiger partial charge in [-0.3, -0.25) is 0 Å². The highest BCUT2D eigenvalue weighted by molar-refractivity contribution is 7.93. The molecular weight excluding hydrogens is 396 g/mol. The van der Waals surface area contributed by atoms with Crippen molar-refractivity contribution < 1.29 is 21.6 Å². The molecule has 1 N–H and O–H groups in total. The Hall–Kier alpha value is -1.20. The summed E-state index contributed by atoms with van der Waals surface area (Å²) >= 11 is 6.54. The average molecular weight is 411 g/mol. The summed E-state index contributed by atoms with van der Waals surface area (Å²) in [5.41, 5.74) is 0. The molecule has 0 spiro atoms. The minimum Gasteiger partial charge on any atom is -0.383 e.